The van der Waals surface area contributed by atoms with Gasteiger partial charge in [-0.1, -0.05) is 0 Å². The second-order valence-electron chi connectivity index (χ2n) is 4.29. The zero-order valence-corrected chi connectivity index (χ0v) is 9.40. The van der Waals surface area contributed by atoms with Crippen molar-refractivity contribution in [1.82, 2.24) is 15.1 Å². The van der Waals surface area contributed by atoms with Gasteiger partial charge >= 0.3 is 0 Å². The van der Waals surface area contributed by atoms with Crippen molar-refractivity contribution in [1.29, 1.82) is 0 Å². The molecule has 0 atom stereocenters. The van der Waals surface area contributed by atoms with Crippen molar-refractivity contribution < 1.29 is 0 Å². The van der Waals surface area contributed by atoms with Gasteiger partial charge in [0.2, 0.25) is 0 Å². The predicted octanol–water partition coefficient (Wildman–Crippen LogP) is 0.522. The maximum absolute atomic E-state index is 5.79. The summed E-state index contributed by atoms with van der Waals surface area (Å²) in [5.74, 6) is 0.674. The van der Waals surface area contributed by atoms with E-state index in [-0.39, 0.29) is 0 Å². The predicted molar refractivity (Wildman–Crippen MR) is 61.9 cm³/mol. The molecule has 84 valence electrons. The molecule has 0 aromatic carbocycles. The first kappa shape index (κ1) is 10.3. The summed E-state index contributed by atoms with van der Waals surface area (Å²) < 4.78 is 0. The molecule has 2 heterocycles. The molecule has 0 bridgehead atoms. The fourth-order valence-electron chi connectivity index (χ4n) is 2.02. The Morgan fingerprint density at radius 3 is 2.47 bits per heavy atom. The number of hydrogen-bond acceptors (Lipinski definition) is 4. The Hall–Kier alpha value is -1.23. The lowest BCUT2D eigenvalue weighted by atomic mass is 10.2. The molecule has 1 aliphatic rings. The number of nitrogens with two attached hydrogens (primary N) is 1. The van der Waals surface area contributed by atoms with Gasteiger partial charge in [0, 0.05) is 32.2 Å². The molecule has 1 aliphatic heterocycles. The molecule has 0 aliphatic carbocycles. The lowest BCUT2D eigenvalue weighted by Crippen LogP contribution is -2.48. The second kappa shape index (κ2) is 4.10. The van der Waals surface area contributed by atoms with Gasteiger partial charge < -0.3 is 10.6 Å². The molecule has 15 heavy (non-hydrogen) atoms. The molecule has 1 fully saturated rings. The first-order valence-electron chi connectivity index (χ1n) is 5.46. The van der Waals surface area contributed by atoms with Crippen LogP contribution in [-0.4, -0.2) is 47.3 Å². The van der Waals surface area contributed by atoms with Crippen molar-refractivity contribution >= 4 is 11.5 Å². The number of aromatic nitrogens is 2. The summed E-state index contributed by atoms with van der Waals surface area (Å²) in [6.07, 6.45) is 1.81. The van der Waals surface area contributed by atoms with Gasteiger partial charge in [-0.2, -0.15) is 5.10 Å². The Balaban J connectivity index is 1.97. The molecule has 2 rings (SSSR count). The average Bonchev–Trinajstić information content (AvgIpc) is 2.65. The first-order chi connectivity index (χ1) is 7.18. The molecule has 1 saturated heterocycles. The molecule has 0 saturated carbocycles. The van der Waals surface area contributed by atoms with Gasteiger partial charge in [-0.15, -0.1) is 0 Å². The van der Waals surface area contributed by atoms with Gasteiger partial charge in [-0.05, 0) is 13.8 Å². The first-order valence-corrected chi connectivity index (χ1v) is 5.46. The minimum atomic E-state index is 0.633. The van der Waals surface area contributed by atoms with Crippen LogP contribution >= 0.6 is 0 Å². The molecule has 5 nitrogen and oxygen atoms in total. The van der Waals surface area contributed by atoms with E-state index in [0.29, 0.717) is 11.9 Å². The van der Waals surface area contributed by atoms with E-state index in [0.717, 1.165) is 31.9 Å². The Labute approximate surface area is 90.2 Å². The molecular formula is C10H19N5. The van der Waals surface area contributed by atoms with Crippen LogP contribution in [0.15, 0.2) is 6.20 Å². The SMILES string of the molecule is CC(C)N1CCN(c2cn[nH]c2N)CC1. The standard InChI is InChI=1S/C10H19N5/c1-8(2)14-3-5-15(6-4-14)9-7-12-13-10(9)11/h7-8H,3-6H2,1-2H3,(H3,11,12,13). The normalized spacial score (nSPS) is 18.7. The minimum absolute atomic E-state index is 0.633. The number of piperazine rings is 1. The van der Waals surface area contributed by atoms with Crippen LogP contribution in [0.4, 0.5) is 11.5 Å². The van der Waals surface area contributed by atoms with Crippen LogP contribution in [0.2, 0.25) is 0 Å². The van der Waals surface area contributed by atoms with Crippen LogP contribution in [0.3, 0.4) is 0 Å². The highest BCUT2D eigenvalue weighted by Gasteiger charge is 2.20. The van der Waals surface area contributed by atoms with Gasteiger partial charge in [0.1, 0.15) is 5.82 Å². The molecule has 0 amide bonds. The fourth-order valence-corrected chi connectivity index (χ4v) is 2.02. The highest BCUT2D eigenvalue weighted by Crippen LogP contribution is 2.21. The molecule has 0 unspecified atom stereocenters. The lowest BCUT2D eigenvalue weighted by Gasteiger charge is -2.37. The Bertz CT molecular complexity index is 311. The van der Waals surface area contributed by atoms with Crippen molar-refractivity contribution in [2.24, 2.45) is 0 Å². The highest BCUT2D eigenvalue weighted by molar-refractivity contribution is 5.62. The topological polar surface area (TPSA) is 61.2 Å². The molecule has 1 aromatic heterocycles. The average molecular weight is 209 g/mol. The summed E-state index contributed by atoms with van der Waals surface area (Å²) >= 11 is 0. The van der Waals surface area contributed by atoms with Gasteiger partial charge in [-0.25, -0.2) is 0 Å². The van der Waals surface area contributed by atoms with E-state index in [1.54, 1.807) is 6.20 Å². The molecule has 0 spiro atoms. The number of nitrogens with zero attached hydrogens (tertiary/aromatic N) is 3. The zero-order valence-electron chi connectivity index (χ0n) is 9.40. The zero-order chi connectivity index (χ0) is 10.8. The van der Waals surface area contributed by atoms with Crippen LogP contribution in [0.25, 0.3) is 0 Å². The van der Waals surface area contributed by atoms with Crippen molar-refractivity contribution in [2.45, 2.75) is 19.9 Å². The van der Waals surface area contributed by atoms with Crippen molar-refractivity contribution in [2.75, 3.05) is 36.8 Å². The largest absolute Gasteiger partial charge is 0.382 e. The third-order valence-corrected chi connectivity index (χ3v) is 3.03. The Kier molecular flexibility index (Phi) is 2.81. The second-order valence-corrected chi connectivity index (χ2v) is 4.29. The number of nitrogens with one attached hydrogen (secondary N) is 1. The number of H-pyrrole nitrogens is 1. The van der Waals surface area contributed by atoms with Gasteiger partial charge in [-0.3, -0.25) is 10.00 Å². The molecule has 5 heteroatoms. The van der Waals surface area contributed by atoms with Crippen LogP contribution in [0, 0.1) is 0 Å². The number of aromatic amines is 1. The van der Waals surface area contributed by atoms with Gasteiger partial charge in [0.25, 0.3) is 0 Å². The van der Waals surface area contributed by atoms with E-state index in [1.165, 1.54) is 0 Å². The summed E-state index contributed by atoms with van der Waals surface area (Å²) in [4.78, 5) is 4.77. The molecule has 1 aromatic rings. The van der Waals surface area contributed by atoms with E-state index < -0.39 is 0 Å². The maximum atomic E-state index is 5.79. The third kappa shape index (κ3) is 2.07. The monoisotopic (exact) mass is 209 g/mol. The number of rotatable bonds is 2. The van der Waals surface area contributed by atoms with Crippen molar-refractivity contribution in [3.8, 4) is 0 Å². The maximum Gasteiger partial charge on any atom is 0.142 e. The van der Waals surface area contributed by atoms with E-state index in [2.05, 4.69) is 33.8 Å². The quantitative estimate of drug-likeness (QED) is 0.745. The van der Waals surface area contributed by atoms with E-state index in [1.807, 2.05) is 0 Å². The van der Waals surface area contributed by atoms with E-state index >= 15 is 0 Å². The smallest absolute Gasteiger partial charge is 0.142 e. The highest BCUT2D eigenvalue weighted by atomic mass is 15.3. The van der Waals surface area contributed by atoms with E-state index in [9.17, 15) is 0 Å². The van der Waals surface area contributed by atoms with Crippen LogP contribution in [0.1, 0.15) is 13.8 Å². The summed E-state index contributed by atoms with van der Waals surface area (Å²) in [6, 6.07) is 0.633. The number of hydrogen-bond donors (Lipinski definition) is 2. The summed E-state index contributed by atoms with van der Waals surface area (Å²) in [7, 11) is 0. The lowest BCUT2D eigenvalue weighted by molar-refractivity contribution is 0.209. The van der Waals surface area contributed by atoms with E-state index in [4.69, 9.17) is 5.73 Å². The molecular weight excluding hydrogens is 190 g/mol. The van der Waals surface area contributed by atoms with Gasteiger partial charge in [0.15, 0.2) is 0 Å². The van der Waals surface area contributed by atoms with Crippen molar-refractivity contribution in [3.63, 3.8) is 0 Å². The van der Waals surface area contributed by atoms with Crippen LogP contribution in [0.5, 0.6) is 0 Å². The Morgan fingerprint density at radius 2 is 2.00 bits per heavy atom. The van der Waals surface area contributed by atoms with Crippen molar-refractivity contribution in [3.05, 3.63) is 6.20 Å². The van der Waals surface area contributed by atoms with Crippen LogP contribution in [-0.2, 0) is 0 Å². The summed E-state index contributed by atoms with van der Waals surface area (Å²) in [5, 5.41) is 6.72. The Morgan fingerprint density at radius 1 is 1.33 bits per heavy atom. The number of nitrogen functional groups attached to an aromatic ring is 1. The third-order valence-electron chi connectivity index (χ3n) is 3.03. The fraction of sp³-hybridized carbons (Fsp3) is 0.700. The minimum Gasteiger partial charge on any atom is -0.382 e. The van der Waals surface area contributed by atoms with Crippen LogP contribution < -0.4 is 10.6 Å². The van der Waals surface area contributed by atoms with Gasteiger partial charge in [0.05, 0.1) is 11.9 Å². The number of anilines is 2. The summed E-state index contributed by atoms with van der Waals surface area (Å²) in [6.45, 7) is 8.73. The molecule has 3 N–H and O–H groups in total. The summed E-state index contributed by atoms with van der Waals surface area (Å²) in [5.41, 5.74) is 6.83. The molecule has 0 radical (unpaired) electrons.